The molecule has 0 aliphatic carbocycles. The zero-order valence-electron chi connectivity index (χ0n) is 11.7. The van der Waals surface area contributed by atoms with Gasteiger partial charge in [-0.2, -0.15) is 0 Å². The van der Waals surface area contributed by atoms with Crippen molar-refractivity contribution in [2.45, 2.75) is 50.7 Å². The first-order chi connectivity index (χ1) is 9.28. The number of aliphatic hydroxyl groups is 1. The van der Waals surface area contributed by atoms with Crippen LogP contribution in [0, 0.1) is 0 Å². The topological polar surface area (TPSA) is 38.7 Å². The summed E-state index contributed by atoms with van der Waals surface area (Å²) in [5, 5.41) is 10.1. The Bertz CT molecular complexity index is 355. The summed E-state index contributed by atoms with van der Waals surface area (Å²) in [5.74, 6) is 0.875. The van der Waals surface area contributed by atoms with Gasteiger partial charge in [-0.15, -0.1) is 0 Å². The second-order valence-corrected chi connectivity index (χ2v) is 5.26. The number of ether oxygens (including phenoxy) is 2. The lowest BCUT2D eigenvalue weighted by atomic mass is 9.99. The van der Waals surface area contributed by atoms with Crippen LogP contribution in [0.4, 0.5) is 0 Å². The van der Waals surface area contributed by atoms with Crippen LogP contribution in [0.1, 0.15) is 37.7 Å². The van der Waals surface area contributed by atoms with Gasteiger partial charge in [-0.1, -0.05) is 12.1 Å². The molecule has 2 unspecified atom stereocenters. The zero-order chi connectivity index (χ0) is 13.5. The summed E-state index contributed by atoms with van der Waals surface area (Å²) in [6, 6.07) is 8.04. The average molecular weight is 264 g/mol. The number of benzene rings is 1. The predicted molar refractivity (Wildman–Crippen MR) is 75.5 cm³/mol. The van der Waals surface area contributed by atoms with Crippen molar-refractivity contribution in [2.24, 2.45) is 0 Å². The van der Waals surface area contributed by atoms with Crippen LogP contribution in [0.3, 0.4) is 0 Å². The third kappa shape index (κ3) is 4.84. The Balaban J connectivity index is 1.71. The van der Waals surface area contributed by atoms with Crippen molar-refractivity contribution in [3.63, 3.8) is 0 Å². The SMILES string of the molecule is COc1ccc(CCC(O)CC2CCCCO2)cc1. The van der Waals surface area contributed by atoms with Crippen molar-refractivity contribution in [3.8, 4) is 5.75 Å². The molecule has 1 fully saturated rings. The maximum absolute atomic E-state index is 10.1. The monoisotopic (exact) mass is 264 g/mol. The van der Waals surface area contributed by atoms with Crippen LogP contribution in [-0.2, 0) is 11.2 Å². The van der Waals surface area contributed by atoms with E-state index < -0.39 is 0 Å². The van der Waals surface area contributed by atoms with Gasteiger partial charge in [-0.25, -0.2) is 0 Å². The van der Waals surface area contributed by atoms with Crippen LogP contribution in [0.2, 0.25) is 0 Å². The summed E-state index contributed by atoms with van der Waals surface area (Å²) < 4.78 is 10.8. The van der Waals surface area contributed by atoms with Crippen molar-refractivity contribution >= 4 is 0 Å². The van der Waals surface area contributed by atoms with Crippen molar-refractivity contribution in [2.75, 3.05) is 13.7 Å². The summed E-state index contributed by atoms with van der Waals surface area (Å²) in [7, 11) is 1.67. The van der Waals surface area contributed by atoms with Crippen LogP contribution in [0.15, 0.2) is 24.3 Å². The number of rotatable bonds is 6. The highest BCUT2D eigenvalue weighted by molar-refractivity contribution is 5.27. The number of hydrogen-bond acceptors (Lipinski definition) is 3. The molecule has 0 spiro atoms. The average Bonchev–Trinajstić information content (AvgIpc) is 2.47. The highest BCUT2D eigenvalue weighted by Gasteiger charge is 2.17. The van der Waals surface area contributed by atoms with Gasteiger partial charge in [0, 0.05) is 6.61 Å². The standard InChI is InChI=1S/C16H24O3/c1-18-15-9-6-13(7-10-15)5-8-14(17)12-16-4-2-3-11-19-16/h6-7,9-10,14,16-17H,2-5,8,11-12H2,1H3. The number of aliphatic hydroxyl groups excluding tert-OH is 1. The van der Waals surface area contributed by atoms with E-state index in [0.29, 0.717) is 0 Å². The molecule has 2 atom stereocenters. The molecule has 1 saturated heterocycles. The van der Waals surface area contributed by atoms with Crippen molar-refractivity contribution in [1.29, 1.82) is 0 Å². The first-order valence-electron chi connectivity index (χ1n) is 7.20. The molecule has 0 bridgehead atoms. The fourth-order valence-corrected chi connectivity index (χ4v) is 2.54. The van der Waals surface area contributed by atoms with Crippen LogP contribution in [-0.4, -0.2) is 31.0 Å². The molecule has 1 aromatic rings. The first-order valence-corrected chi connectivity index (χ1v) is 7.20. The lowest BCUT2D eigenvalue weighted by Crippen LogP contribution is -2.24. The van der Waals surface area contributed by atoms with Gasteiger partial charge in [0.1, 0.15) is 5.75 Å². The van der Waals surface area contributed by atoms with Gasteiger partial charge in [0.15, 0.2) is 0 Å². The molecule has 0 radical (unpaired) electrons. The van der Waals surface area contributed by atoms with Crippen molar-refractivity contribution < 1.29 is 14.6 Å². The van der Waals surface area contributed by atoms with Gasteiger partial charge < -0.3 is 14.6 Å². The molecule has 0 saturated carbocycles. The number of methoxy groups -OCH3 is 1. The first kappa shape index (κ1) is 14.4. The third-order valence-electron chi connectivity index (χ3n) is 3.73. The van der Waals surface area contributed by atoms with E-state index in [4.69, 9.17) is 9.47 Å². The summed E-state index contributed by atoms with van der Waals surface area (Å²) in [5.41, 5.74) is 1.24. The molecule has 1 aliphatic heterocycles. The second-order valence-electron chi connectivity index (χ2n) is 5.26. The molecule has 0 amide bonds. The molecule has 3 nitrogen and oxygen atoms in total. The minimum Gasteiger partial charge on any atom is -0.497 e. The minimum absolute atomic E-state index is 0.259. The highest BCUT2D eigenvalue weighted by Crippen LogP contribution is 2.19. The molecule has 2 rings (SSSR count). The Labute approximate surface area is 115 Å². The summed E-state index contributed by atoms with van der Waals surface area (Å²) >= 11 is 0. The highest BCUT2D eigenvalue weighted by atomic mass is 16.5. The normalized spacial score (nSPS) is 21.1. The van der Waals surface area contributed by atoms with E-state index in [0.717, 1.165) is 38.0 Å². The van der Waals surface area contributed by atoms with Gasteiger partial charge in [-0.05, 0) is 56.2 Å². The van der Waals surface area contributed by atoms with Crippen LogP contribution in [0.5, 0.6) is 5.75 Å². The van der Waals surface area contributed by atoms with Gasteiger partial charge in [0.2, 0.25) is 0 Å². The summed E-state index contributed by atoms with van der Waals surface area (Å²) in [6.45, 7) is 0.857. The van der Waals surface area contributed by atoms with E-state index in [1.807, 2.05) is 12.1 Å². The Kier molecular flexibility index (Phi) is 5.67. The molecule has 1 N–H and O–H groups in total. The summed E-state index contributed by atoms with van der Waals surface area (Å²) in [4.78, 5) is 0. The predicted octanol–water partition coefficient (Wildman–Crippen LogP) is 2.95. The zero-order valence-corrected chi connectivity index (χ0v) is 11.7. The van der Waals surface area contributed by atoms with E-state index in [1.54, 1.807) is 7.11 Å². The largest absolute Gasteiger partial charge is 0.497 e. The van der Waals surface area contributed by atoms with E-state index in [2.05, 4.69) is 12.1 Å². The van der Waals surface area contributed by atoms with Crippen LogP contribution >= 0.6 is 0 Å². The molecule has 1 aliphatic rings. The van der Waals surface area contributed by atoms with Gasteiger partial charge in [0.05, 0.1) is 19.3 Å². The smallest absolute Gasteiger partial charge is 0.118 e. The molecular formula is C16H24O3. The Morgan fingerprint density at radius 1 is 1.32 bits per heavy atom. The van der Waals surface area contributed by atoms with Crippen molar-refractivity contribution in [1.82, 2.24) is 0 Å². The number of hydrogen-bond donors (Lipinski definition) is 1. The molecule has 1 heterocycles. The van der Waals surface area contributed by atoms with E-state index >= 15 is 0 Å². The molecule has 3 heteroatoms. The minimum atomic E-state index is -0.259. The second kappa shape index (κ2) is 7.51. The fraction of sp³-hybridized carbons (Fsp3) is 0.625. The maximum atomic E-state index is 10.1. The van der Waals surface area contributed by atoms with Gasteiger partial charge in [-0.3, -0.25) is 0 Å². The lowest BCUT2D eigenvalue weighted by Gasteiger charge is -2.24. The van der Waals surface area contributed by atoms with Crippen LogP contribution in [0.25, 0.3) is 0 Å². The lowest BCUT2D eigenvalue weighted by molar-refractivity contribution is -0.0162. The van der Waals surface area contributed by atoms with E-state index in [1.165, 1.54) is 18.4 Å². The van der Waals surface area contributed by atoms with Gasteiger partial charge in [0.25, 0.3) is 0 Å². The molecule has 19 heavy (non-hydrogen) atoms. The maximum Gasteiger partial charge on any atom is 0.118 e. The molecule has 1 aromatic carbocycles. The van der Waals surface area contributed by atoms with E-state index in [9.17, 15) is 5.11 Å². The van der Waals surface area contributed by atoms with Crippen molar-refractivity contribution in [3.05, 3.63) is 29.8 Å². The van der Waals surface area contributed by atoms with Gasteiger partial charge >= 0.3 is 0 Å². The summed E-state index contributed by atoms with van der Waals surface area (Å²) in [6.07, 6.45) is 5.97. The number of aryl methyl sites for hydroxylation is 1. The fourth-order valence-electron chi connectivity index (χ4n) is 2.54. The molecule has 106 valence electrons. The van der Waals surface area contributed by atoms with E-state index in [-0.39, 0.29) is 12.2 Å². The Morgan fingerprint density at radius 3 is 2.74 bits per heavy atom. The molecular weight excluding hydrogens is 240 g/mol. The Morgan fingerprint density at radius 2 is 2.11 bits per heavy atom. The Hall–Kier alpha value is -1.06. The van der Waals surface area contributed by atoms with Crippen LogP contribution < -0.4 is 4.74 Å². The molecule has 0 aromatic heterocycles. The third-order valence-corrected chi connectivity index (χ3v) is 3.73. The quantitative estimate of drug-likeness (QED) is 0.858.